The highest BCUT2D eigenvalue weighted by atomic mass is 35.5. The Labute approximate surface area is 195 Å². The van der Waals surface area contributed by atoms with Crippen molar-refractivity contribution in [2.45, 2.75) is 43.9 Å². The number of pyridine rings is 1. The minimum atomic E-state index is -4.75. The molecule has 0 spiro atoms. The second kappa shape index (κ2) is 9.38. The third-order valence-corrected chi connectivity index (χ3v) is 6.55. The van der Waals surface area contributed by atoms with Crippen LogP contribution in [0.3, 0.4) is 0 Å². The zero-order chi connectivity index (χ0) is 22.3. The number of alkyl halides is 3. The molecule has 0 unspecified atom stereocenters. The highest BCUT2D eigenvalue weighted by molar-refractivity contribution is 5.95. The van der Waals surface area contributed by atoms with E-state index in [1.54, 1.807) is 17.2 Å². The molecule has 1 aromatic heterocycles. The number of halogens is 4. The van der Waals surface area contributed by atoms with Crippen LogP contribution < -0.4 is 10.1 Å². The Morgan fingerprint density at radius 3 is 2.42 bits per heavy atom. The summed E-state index contributed by atoms with van der Waals surface area (Å²) in [5.74, 6) is 0.240. The summed E-state index contributed by atoms with van der Waals surface area (Å²) in [6.45, 7) is 2.15. The van der Waals surface area contributed by atoms with Gasteiger partial charge in [0.2, 0.25) is 0 Å². The van der Waals surface area contributed by atoms with E-state index in [-0.39, 0.29) is 30.0 Å². The van der Waals surface area contributed by atoms with Gasteiger partial charge in [-0.1, -0.05) is 6.07 Å². The first-order chi connectivity index (χ1) is 15.4. The maximum atomic E-state index is 13.3. The predicted octanol–water partition coefficient (Wildman–Crippen LogP) is 5.37. The van der Waals surface area contributed by atoms with Crippen molar-refractivity contribution in [1.29, 1.82) is 0 Å². The topological polar surface area (TPSA) is 63.7 Å². The van der Waals surface area contributed by atoms with Crippen LogP contribution in [0.2, 0.25) is 0 Å². The van der Waals surface area contributed by atoms with Gasteiger partial charge in [0.25, 0.3) is 5.91 Å². The Morgan fingerprint density at radius 2 is 1.76 bits per heavy atom. The van der Waals surface area contributed by atoms with Crippen LogP contribution in [0.5, 0.6) is 5.75 Å². The summed E-state index contributed by atoms with van der Waals surface area (Å²) in [6.07, 6.45) is 1.03. The summed E-state index contributed by atoms with van der Waals surface area (Å²) < 4.78 is 47.2. The number of nitrogens with one attached hydrogen (secondary N) is 1. The fraction of sp³-hybridized carbons (Fsp3) is 0.478. The molecule has 2 aromatic rings. The maximum Gasteiger partial charge on any atom is 0.573 e. The smallest absolute Gasteiger partial charge is 0.406 e. The SMILES string of the molecule is Cl.O=C(c1ncc(Nc2cccc(OC(F)(F)F)c2)c2c1C1CCC2CC1)N1CCOCC1. The quantitative estimate of drug-likeness (QED) is 0.633. The first-order valence-electron chi connectivity index (χ1n) is 10.9. The van der Waals surface area contributed by atoms with Crippen molar-refractivity contribution in [1.82, 2.24) is 9.88 Å². The number of carbonyl (C=O) groups is 1. The van der Waals surface area contributed by atoms with Crippen LogP contribution in [0.1, 0.15) is 59.1 Å². The third-order valence-electron chi connectivity index (χ3n) is 6.55. The third kappa shape index (κ3) is 4.89. The number of carbonyl (C=O) groups excluding carboxylic acids is 1. The molecule has 0 radical (unpaired) electrons. The summed E-state index contributed by atoms with van der Waals surface area (Å²) in [5, 5.41) is 3.23. The van der Waals surface area contributed by atoms with E-state index >= 15 is 0 Å². The number of benzene rings is 1. The number of hydrogen-bond acceptors (Lipinski definition) is 5. The number of fused-ring (bicyclic) bond motifs is 2. The zero-order valence-corrected chi connectivity index (χ0v) is 18.7. The van der Waals surface area contributed by atoms with Crippen LogP contribution >= 0.6 is 12.4 Å². The largest absolute Gasteiger partial charge is 0.573 e. The normalized spacial score (nSPS) is 21.7. The van der Waals surface area contributed by atoms with Crippen LogP contribution in [-0.2, 0) is 4.74 Å². The Bertz CT molecular complexity index is 1020. The van der Waals surface area contributed by atoms with E-state index in [0.717, 1.165) is 42.5 Å². The lowest BCUT2D eigenvalue weighted by Crippen LogP contribution is -2.42. The van der Waals surface area contributed by atoms with Gasteiger partial charge in [0.15, 0.2) is 0 Å². The molecule has 1 saturated heterocycles. The van der Waals surface area contributed by atoms with Crippen molar-refractivity contribution in [2.24, 2.45) is 0 Å². The van der Waals surface area contributed by atoms with Crippen LogP contribution in [0.25, 0.3) is 0 Å². The molecule has 6 rings (SSSR count). The van der Waals surface area contributed by atoms with Crippen molar-refractivity contribution < 1.29 is 27.4 Å². The second-order valence-corrected chi connectivity index (χ2v) is 8.50. The van der Waals surface area contributed by atoms with E-state index in [1.165, 1.54) is 18.2 Å². The highest BCUT2D eigenvalue weighted by Crippen LogP contribution is 2.53. The van der Waals surface area contributed by atoms with Crippen molar-refractivity contribution in [3.63, 3.8) is 0 Å². The van der Waals surface area contributed by atoms with Gasteiger partial charge in [-0.2, -0.15) is 0 Å². The predicted molar refractivity (Wildman–Crippen MR) is 119 cm³/mol. The molecule has 1 amide bonds. The Kier molecular flexibility index (Phi) is 6.72. The molecule has 178 valence electrons. The van der Waals surface area contributed by atoms with Crippen LogP contribution in [0, 0.1) is 0 Å². The van der Waals surface area contributed by atoms with Crippen LogP contribution in [0.15, 0.2) is 30.5 Å². The molecule has 4 aliphatic rings. The van der Waals surface area contributed by atoms with Crippen molar-refractivity contribution >= 4 is 29.7 Å². The van der Waals surface area contributed by atoms with Crippen LogP contribution in [-0.4, -0.2) is 48.5 Å². The molecule has 33 heavy (non-hydrogen) atoms. The zero-order valence-electron chi connectivity index (χ0n) is 17.9. The van der Waals surface area contributed by atoms with Crippen molar-refractivity contribution in [3.05, 3.63) is 47.3 Å². The number of aromatic nitrogens is 1. The molecule has 2 fully saturated rings. The number of morpholine rings is 1. The van der Waals surface area contributed by atoms with E-state index in [1.807, 2.05) is 0 Å². The lowest BCUT2D eigenvalue weighted by Gasteiger charge is -2.40. The van der Waals surface area contributed by atoms with Gasteiger partial charge in [0.1, 0.15) is 11.4 Å². The van der Waals surface area contributed by atoms with Crippen molar-refractivity contribution in [3.8, 4) is 5.75 Å². The molecular formula is C23H25ClF3N3O3. The van der Waals surface area contributed by atoms with E-state index in [4.69, 9.17) is 4.74 Å². The number of anilines is 2. The molecule has 10 heteroatoms. The molecule has 1 saturated carbocycles. The molecule has 2 bridgehead atoms. The maximum absolute atomic E-state index is 13.3. The van der Waals surface area contributed by atoms with Gasteiger partial charge in [-0.25, -0.2) is 4.98 Å². The summed E-state index contributed by atoms with van der Waals surface area (Å²) >= 11 is 0. The molecule has 2 heterocycles. The summed E-state index contributed by atoms with van der Waals surface area (Å²) in [7, 11) is 0. The first kappa shape index (κ1) is 23.6. The van der Waals surface area contributed by atoms with Gasteiger partial charge in [-0.3, -0.25) is 4.79 Å². The number of nitrogens with zero attached hydrogens (tertiary/aromatic N) is 2. The Balaban J connectivity index is 0.00000259. The number of amides is 1. The molecule has 3 aliphatic carbocycles. The van der Waals surface area contributed by atoms with Gasteiger partial charge in [0, 0.05) is 24.8 Å². The lowest BCUT2D eigenvalue weighted by atomic mass is 9.66. The molecular weight excluding hydrogens is 459 g/mol. The van der Waals surface area contributed by atoms with E-state index in [9.17, 15) is 18.0 Å². The number of ether oxygens (including phenoxy) is 2. The lowest BCUT2D eigenvalue weighted by molar-refractivity contribution is -0.274. The van der Waals surface area contributed by atoms with Gasteiger partial charge in [-0.15, -0.1) is 25.6 Å². The van der Waals surface area contributed by atoms with Gasteiger partial charge in [-0.05, 0) is 60.8 Å². The average Bonchev–Trinajstić information content (AvgIpc) is 2.79. The standard InChI is InChI=1S/C23H24F3N3O3.ClH/c24-23(25,26)32-17-3-1-2-16(12-17)28-18-13-27-21(22(30)29-8-10-31-11-9-29)20-15-6-4-14(5-7-15)19(18)20;/h1-3,12-15,28H,4-11H2;1H. The first-order valence-corrected chi connectivity index (χ1v) is 10.9. The summed E-state index contributed by atoms with van der Waals surface area (Å²) in [5.41, 5.74) is 3.83. The number of rotatable bonds is 4. The fourth-order valence-corrected chi connectivity index (χ4v) is 5.18. The minimum Gasteiger partial charge on any atom is -0.406 e. The fourth-order valence-electron chi connectivity index (χ4n) is 5.18. The monoisotopic (exact) mass is 483 g/mol. The Morgan fingerprint density at radius 1 is 1.09 bits per heavy atom. The molecule has 6 nitrogen and oxygen atoms in total. The summed E-state index contributed by atoms with van der Waals surface area (Å²) in [6, 6.07) is 5.77. The molecule has 1 N–H and O–H groups in total. The van der Waals surface area contributed by atoms with Gasteiger partial charge in [0.05, 0.1) is 25.1 Å². The summed E-state index contributed by atoms with van der Waals surface area (Å²) in [4.78, 5) is 19.6. The minimum absolute atomic E-state index is 0. The van der Waals surface area contributed by atoms with E-state index in [0.29, 0.717) is 43.6 Å². The van der Waals surface area contributed by atoms with Gasteiger partial charge >= 0.3 is 6.36 Å². The van der Waals surface area contributed by atoms with E-state index in [2.05, 4.69) is 15.0 Å². The molecule has 1 aromatic carbocycles. The van der Waals surface area contributed by atoms with E-state index < -0.39 is 6.36 Å². The highest BCUT2D eigenvalue weighted by Gasteiger charge is 2.39. The van der Waals surface area contributed by atoms with Crippen LogP contribution in [0.4, 0.5) is 24.5 Å². The van der Waals surface area contributed by atoms with Gasteiger partial charge < -0.3 is 19.7 Å². The Hall–Kier alpha value is -2.52. The van der Waals surface area contributed by atoms with Crippen molar-refractivity contribution in [2.75, 3.05) is 31.6 Å². The average molecular weight is 484 g/mol. The second-order valence-electron chi connectivity index (χ2n) is 8.50. The number of hydrogen-bond donors (Lipinski definition) is 1. The molecule has 0 atom stereocenters. The molecule has 1 aliphatic heterocycles.